The van der Waals surface area contributed by atoms with Crippen molar-refractivity contribution in [1.82, 2.24) is 10.3 Å². The Morgan fingerprint density at radius 1 is 1.04 bits per heavy atom. The van der Waals surface area contributed by atoms with E-state index in [1.807, 2.05) is 55.5 Å². The number of hydrogen-bond acceptors (Lipinski definition) is 4. The molecule has 1 heterocycles. The summed E-state index contributed by atoms with van der Waals surface area (Å²) in [6, 6.07) is 15.8. The van der Waals surface area contributed by atoms with Gasteiger partial charge in [-0.3, -0.25) is 9.59 Å². The molecule has 0 aliphatic heterocycles. The number of rotatable bonds is 7. The summed E-state index contributed by atoms with van der Waals surface area (Å²) >= 11 is 1.45. The number of hydrogen-bond donors (Lipinski definition) is 2. The van der Waals surface area contributed by atoms with E-state index in [9.17, 15) is 9.59 Å². The Bertz CT molecular complexity index is 906. The summed E-state index contributed by atoms with van der Waals surface area (Å²) in [6.45, 7) is 2.36. The van der Waals surface area contributed by atoms with Crippen molar-refractivity contribution in [3.63, 3.8) is 0 Å². The lowest BCUT2D eigenvalue weighted by molar-refractivity contribution is -0.121. The molecule has 0 saturated heterocycles. The minimum atomic E-state index is -0.0423. The lowest BCUT2D eigenvalue weighted by Crippen LogP contribution is -2.22. The zero-order valence-corrected chi connectivity index (χ0v) is 15.4. The standard InChI is InChI=1S/C20H21N3O2S/c1-2-18(24)23-20-22-16-10-8-14(12-17(16)26-20)9-11-19(25)21-13-15-6-4-3-5-7-15/h3-8,10,12H,2,9,11,13H2,1H3,(H,21,25)(H,22,23,24). The molecule has 3 rings (SSSR count). The molecule has 2 N–H and O–H groups in total. The SMILES string of the molecule is CCC(=O)Nc1nc2ccc(CCC(=O)NCc3ccccc3)cc2s1. The van der Waals surface area contributed by atoms with Gasteiger partial charge < -0.3 is 10.6 Å². The molecular formula is C20H21N3O2S. The average Bonchev–Trinajstić information content (AvgIpc) is 3.06. The predicted molar refractivity (Wildman–Crippen MR) is 105 cm³/mol. The van der Waals surface area contributed by atoms with Gasteiger partial charge in [-0.25, -0.2) is 4.98 Å². The average molecular weight is 367 g/mol. The maximum Gasteiger partial charge on any atom is 0.225 e. The summed E-state index contributed by atoms with van der Waals surface area (Å²) < 4.78 is 1.01. The van der Waals surface area contributed by atoms with E-state index in [1.54, 1.807) is 0 Å². The Labute approximate surface area is 156 Å². The van der Waals surface area contributed by atoms with Crippen LogP contribution in [0.4, 0.5) is 5.13 Å². The van der Waals surface area contributed by atoms with Crippen molar-refractivity contribution in [2.45, 2.75) is 32.7 Å². The number of anilines is 1. The second kappa shape index (κ2) is 8.58. The third-order valence-corrected chi connectivity index (χ3v) is 4.93. The van der Waals surface area contributed by atoms with E-state index in [4.69, 9.17) is 0 Å². The molecule has 2 aromatic carbocycles. The van der Waals surface area contributed by atoms with Crippen LogP contribution in [0.25, 0.3) is 10.2 Å². The fraction of sp³-hybridized carbons (Fsp3) is 0.250. The summed E-state index contributed by atoms with van der Waals surface area (Å²) in [4.78, 5) is 27.9. The van der Waals surface area contributed by atoms with Gasteiger partial charge in [-0.05, 0) is 29.7 Å². The third-order valence-electron chi connectivity index (χ3n) is 3.99. The number of thiazole rings is 1. The normalized spacial score (nSPS) is 10.7. The molecule has 1 aromatic heterocycles. The second-order valence-corrected chi connectivity index (χ2v) is 7.02. The van der Waals surface area contributed by atoms with E-state index in [0.29, 0.717) is 30.9 Å². The molecule has 0 unspecified atom stereocenters. The number of fused-ring (bicyclic) bond motifs is 1. The van der Waals surface area contributed by atoms with Crippen LogP contribution in [-0.2, 0) is 22.6 Å². The van der Waals surface area contributed by atoms with Crippen LogP contribution in [0.15, 0.2) is 48.5 Å². The number of aromatic nitrogens is 1. The summed E-state index contributed by atoms with van der Waals surface area (Å²) in [6.07, 6.45) is 1.54. The van der Waals surface area contributed by atoms with Crippen LogP contribution in [0.2, 0.25) is 0 Å². The summed E-state index contributed by atoms with van der Waals surface area (Å²) in [7, 11) is 0. The van der Waals surface area contributed by atoms with Crippen LogP contribution in [0.5, 0.6) is 0 Å². The molecule has 0 bridgehead atoms. The van der Waals surface area contributed by atoms with E-state index in [1.165, 1.54) is 11.3 Å². The Hall–Kier alpha value is -2.73. The van der Waals surface area contributed by atoms with Gasteiger partial charge in [-0.15, -0.1) is 0 Å². The van der Waals surface area contributed by atoms with Crippen LogP contribution in [0.1, 0.15) is 30.9 Å². The maximum absolute atomic E-state index is 12.0. The first-order chi connectivity index (χ1) is 12.6. The number of carbonyl (C=O) groups is 2. The molecule has 5 nitrogen and oxygen atoms in total. The highest BCUT2D eigenvalue weighted by atomic mass is 32.1. The molecule has 6 heteroatoms. The van der Waals surface area contributed by atoms with Gasteiger partial charge in [-0.1, -0.05) is 54.7 Å². The van der Waals surface area contributed by atoms with Crippen LogP contribution in [0.3, 0.4) is 0 Å². The number of carbonyl (C=O) groups excluding carboxylic acids is 2. The van der Waals surface area contributed by atoms with Gasteiger partial charge in [-0.2, -0.15) is 0 Å². The molecule has 26 heavy (non-hydrogen) atoms. The number of aryl methyl sites for hydroxylation is 1. The number of nitrogens with zero attached hydrogens (tertiary/aromatic N) is 1. The molecule has 134 valence electrons. The van der Waals surface area contributed by atoms with Gasteiger partial charge in [0.15, 0.2) is 5.13 Å². The molecule has 0 saturated carbocycles. The highest BCUT2D eigenvalue weighted by molar-refractivity contribution is 7.22. The van der Waals surface area contributed by atoms with E-state index >= 15 is 0 Å². The van der Waals surface area contributed by atoms with Crippen LogP contribution in [-0.4, -0.2) is 16.8 Å². The van der Waals surface area contributed by atoms with Crippen molar-refractivity contribution in [2.24, 2.45) is 0 Å². The van der Waals surface area contributed by atoms with Gasteiger partial charge in [0.05, 0.1) is 10.2 Å². The summed E-state index contributed by atoms with van der Waals surface area (Å²) in [5.41, 5.74) is 3.04. The number of nitrogens with one attached hydrogen (secondary N) is 2. The zero-order chi connectivity index (χ0) is 18.4. The fourth-order valence-corrected chi connectivity index (χ4v) is 3.47. The van der Waals surface area contributed by atoms with Crippen molar-refractivity contribution in [2.75, 3.05) is 5.32 Å². The smallest absolute Gasteiger partial charge is 0.225 e. The summed E-state index contributed by atoms with van der Waals surface area (Å²) in [5, 5.41) is 6.35. The Kier molecular flexibility index (Phi) is 5.96. The largest absolute Gasteiger partial charge is 0.352 e. The maximum atomic E-state index is 12.0. The first kappa shape index (κ1) is 18.1. The van der Waals surface area contributed by atoms with Crippen molar-refractivity contribution in [3.8, 4) is 0 Å². The second-order valence-electron chi connectivity index (χ2n) is 5.99. The zero-order valence-electron chi connectivity index (χ0n) is 14.6. The van der Waals surface area contributed by atoms with Gasteiger partial charge >= 0.3 is 0 Å². The van der Waals surface area contributed by atoms with Crippen LogP contribution in [0, 0.1) is 0 Å². The third kappa shape index (κ3) is 4.89. The molecule has 3 aromatic rings. The topological polar surface area (TPSA) is 71.1 Å². The lowest BCUT2D eigenvalue weighted by Gasteiger charge is -2.05. The van der Waals surface area contributed by atoms with Gasteiger partial charge in [0, 0.05) is 19.4 Å². The van der Waals surface area contributed by atoms with E-state index in [2.05, 4.69) is 15.6 Å². The molecular weight excluding hydrogens is 346 g/mol. The van der Waals surface area contributed by atoms with Gasteiger partial charge in [0.2, 0.25) is 11.8 Å². The van der Waals surface area contributed by atoms with Crippen molar-refractivity contribution in [3.05, 3.63) is 59.7 Å². The van der Waals surface area contributed by atoms with Gasteiger partial charge in [0.1, 0.15) is 0 Å². The minimum absolute atomic E-state index is 0.0363. The van der Waals surface area contributed by atoms with Crippen molar-refractivity contribution >= 4 is 38.5 Å². The van der Waals surface area contributed by atoms with Crippen molar-refractivity contribution in [1.29, 1.82) is 0 Å². The summed E-state index contributed by atoms with van der Waals surface area (Å²) in [5.74, 6) is -0.00600. The molecule has 2 amide bonds. The first-order valence-electron chi connectivity index (χ1n) is 8.64. The molecule has 0 aliphatic rings. The quantitative estimate of drug-likeness (QED) is 0.665. The van der Waals surface area contributed by atoms with E-state index in [0.717, 1.165) is 21.3 Å². The molecule has 0 radical (unpaired) electrons. The van der Waals surface area contributed by atoms with Gasteiger partial charge in [0.25, 0.3) is 0 Å². The molecule has 0 atom stereocenters. The number of benzene rings is 2. The van der Waals surface area contributed by atoms with Crippen molar-refractivity contribution < 1.29 is 9.59 Å². The monoisotopic (exact) mass is 367 g/mol. The van der Waals surface area contributed by atoms with Crippen LogP contribution >= 0.6 is 11.3 Å². The minimum Gasteiger partial charge on any atom is -0.352 e. The first-order valence-corrected chi connectivity index (χ1v) is 9.45. The molecule has 0 aliphatic carbocycles. The Balaban J connectivity index is 1.55. The van der Waals surface area contributed by atoms with E-state index < -0.39 is 0 Å². The predicted octanol–water partition coefficient (Wildman–Crippen LogP) is 3.89. The lowest BCUT2D eigenvalue weighted by atomic mass is 10.1. The Morgan fingerprint density at radius 3 is 2.62 bits per heavy atom. The highest BCUT2D eigenvalue weighted by Crippen LogP contribution is 2.27. The molecule has 0 spiro atoms. The van der Waals surface area contributed by atoms with E-state index in [-0.39, 0.29) is 11.8 Å². The highest BCUT2D eigenvalue weighted by Gasteiger charge is 2.08. The Morgan fingerprint density at radius 2 is 1.85 bits per heavy atom. The molecule has 0 fully saturated rings. The fourth-order valence-electron chi connectivity index (χ4n) is 2.53. The van der Waals surface area contributed by atoms with Crippen LogP contribution < -0.4 is 10.6 Å². The number of amides is 2.